The molecule has 0 radical (unpaired) electrons. The third kappa shape index (κ3) is 17.4. The van der Waals surface area contributed by atoms with E-state index in [1.54, 1.807) is 39.8 Å². The largest absolute Gasteiger partial charge is 0.466 e. The normalized spacial score (nSPS) is 15.2. The molecule has 2 aliphatic heterocycles. The van der Waals surface area contributed by atoms with Crippen molar-refractivity contribution >= 4 is 35.3 Å². The molecule has 2 N–H and O–H groups in total. The summed E-state index contributed by atoms with van der Waals surface area (Å²) in [6.45, 7) is 16.7. The van der Waals surface area contributed by atoms with Crippen molar-refractivity contribution < 1.29 is 48.0 Å². The number of dihydropyridines is 2. The Morgan fingerprint density at radius 3 is 1.00 bits per heavy atom. The van der Waals surface area contributed by atoms with Gasteiger partial charge in [-0.25, -0.2) is 19.2 Å². The number of rotatable bonds is 24. The van der Waals surface area contributed by atoms with E-state index in [1.807, 2.05) is 66.1 Å². The van der Waals surface area contributed by atoms with E-state index in [2.05, 4.69) is 117 Å². The molecule has 18 nitrogen and oxygen atoms in total. The minimum absolute atomic E-state index is 0.149. The number of benzene rings is 6. The Kier molecular flexibility index (Phi) is 23.1. The summed E-state index contributed by atoms with van der Waals surface area (Å²) in [5, 5.41) is 29.4. The van der Waals surface area contributed by atoms with Crippen LogP contribution in [-0.2, 0) is 38.1 Å². The first-order chi connectivity index (χ1) is 42.8. The number of nitrogens with one attached hydrogen (secondary N) is 2. The van der Waals surface area contributed by atoms with Gasteiger partial charge in [-0.3, -0.25) is 20.2 Å². The van der Waals surface area contributed by atoms with Gasteiger partial charge in [-0.1, -0.05) is 146 Å². The van der Waals surface area contributed by atoms with Gasteiger partial charge >= 0.3 is 23.9 Å². The van der Waals surface area contributed by atoms with Crippen LogP contribution in [-0.4, -0.2) is 109 Å². The van der Waals surface area contributed by atoms with E-state index in [0.29, 0.717) is 47.0 Å². The molecule has 2 atom stereocenters. The van der Waals surface area contributed by atoms with Gasteiger partial charge in [-0.05, 0) is 129 Å². The summed E-state index contributed by atoms with van der Waals surface area (Å²) in [7, 11) is 6.52. The number of hydrogen-bond acceptors (Lipinski definition) is 16. The van der Waals surface area contributed by atoms with Crippen LogP contribution >= 0.6 is 0 Å². The topological polar surface area (TPSA) is 222 Å². The van der Waals surface area contributed by atoms with Crippen molar-refractivity contribution in [1.82, 2.24) is 20.4 Å². The van der Waals surface area contributed by atoms with E-state index < -0.39 is 56.8 Å². The number of likely N-dealkylation sites (N-methyl/N-ethyl adjacent to an activating group) is 2. The number of ether oxygens (including phenoxy) is 4. The predicted octanol–water partition coefficient (Wildman–Crippen LogP) is 13.0. The Labute approximate surface area is 527 Å². The minimum Gasteiger partial charge on any atom is -0.466 e. The number of methoxy groups -OCH3 is 2. The maximum atomic E-state index is 14.0. The Bertz CT molecular complexity index is 3360. The molecule has 0 aliphatic carbocycles. The Hall–Kier alpha value is -9.52. The quantitative estimate of drug-likeness (QED) is 0.0249. The second-order valence-electron chi connectivity index (χ2n) is 24.1. The molecule has 6 aromatic rings. The lowest BCUT2D eigenvalue weighted by atomic mass is 9.80. The van der Waals surface area contributed by atoms with E-state index in [0.717, 1.165) is 25.9 Å². The molecule has 6 aromatic carbocycles. The summed E-state index contributed by atoms with van der Waals surface area (Å²) in [5.41, 5.74) is 6.49. The summed E-state index contributed by atoms with van der Waals surface area (Å²) in [5.74, 6) is -3.92. The Morgan fingerprint density at radius 2 is 0.733 bits per heavy atom. The number of allylic oxidation sites excluding steroid dienone is 4. The molecule has 0 saturated carbocycles. The Morgan fingerprint density at radius 1 is 0.456 bits per heavy atom. The van der Waals surface area contributed by atoms with Gasteiger partial charge in [0.15, 0.2) is 0 Å². The van der Waals surface area contributed by atoms with E-state index in [-0.39, 0.29) is 45.5 Å². The van der Waals surface area contributed by atoms with E-state index in [9.17, 15) is 39.4 Å². The lowest BCUT2D eigenvalue weighted by Crippen LogP contribution is -2.42. The molecule has 8 rings (SSSR count). The zero-order valence-electron chi connectivity index (χ0n) is 53.4. The van der Waals surface area contributed by atoms with Crippen LogP contribution in [0.1, 0.15) is 125 Å². The Balaban J connectivity index is 0.000000256. The SMILES string of the molecule is COC(=O)C1=C(C)NC(C)=C(C(=O)OC(C)(C)CN(C)CCC(c2ccccc2)c2ccccc2)C1c1cccc([N+](=O)[O-])c1.COC(=O)C1=C(C)NC(C)=C(C(=O)OC(C)(C)CN(C)CCC(c2ccccc2)c2ccccc2)C1c1cccc([N+](=O)[O-])c1. The predicted molar refractivity (Wildman–Crippen MR) is 347 cm³/mol. The van der Waals surface area contributed by atoms with Crippen molar-refractivity contribution in [3.05, 3.63) is 269 Å². The van der Waals surface area contributed by atoms with Crippen molar-refractivity contribution in [3.8, 4) is 0 Å². The van der Waals surface area contributed by atoms with Gasteiger partial charge in [-0.2, -0.15) is 0 Å². The van der Waals surface area contributed by atoms with Crippen LogP contribution in [0.25, 0.3) is 0 Å². The molecule has 0 spiro atoms. The van der Waals surface area contributed by atoms with Gasteiger partial charge in [0.05, 0.1) is 58.2 Å². The van der Waals surface area contributed by atoms with Gasteiger partial charge in [-0.15, -0.1) is 0 Å². The van der Waals surface area contributed by atoms with Crippen molar-refractivity contribution in [2.75, 3.05) is 54.5 Å². The molecule has 2 unspecified atom stereocenters. The first-order valence-corrected chi connectivity index (χ1v) is 29.9. The number of carbonyl (C=O) groups is 4. The van der Waals surface area contributed by atoms with Crippen LogP contribution in [0.3, 0.4) is 0 Å². The number of hydrogen-bond donors (Lipinski definition) is 2. The summed E-state index contributed by atoms with van der Waals surface area (Å²) >= 11 is 0. The number of nitro benzene ring substituents is 2. The maximum Gasteiger partial charge on any atom is 0.337 e. The highest BCUT2D eigenvalue weighted by Crippen LogP contribution is 2.43. The van der Waals surface area contributed by atoms with Crippen LogP contribution in [0.5, 0.6) is 0 Å². The average molecular weight is 1220 g/mol. The van der Waals surface area contributed by atoms with Gasteiger partial charge in [0, 0.05) is 72.0 Å². The monoisotopic (exact) mass is 1220 g/mol. The second-order valence-corrected chi connectivity index (χ2v) is 24.1. The molecule has 0 amide bonds. The van der Waals surface area contributed by atoms with Gasteiger partial charge in [0.25, 0.3) is 11.4 Å². The first kappa shape index (κ1) is 68.0. The number of non-ortho nitro benzene ring substituents is 2. The lowest BCUT2D eigenvalue weighted by molar-refractivity contribution is -0.385. The third-order valence-corrected chi connectivity index (χ3v) is 16.0. The molecule has 0 aromatic heterocycles. The first-order valence-electron chi connectivity index (χ1n) is 29.9. The van der Waals surface area contributed by atoms with Gasteiger partial charge in [0.2, 0.25) is 0 Å². The van der Waals surface area contributed by atoms with E-state index >= 15 is 0 Å². The van der Waals surface area contributed by atoms with Gasteiger partial charge < -0.3 is 39.4 Å². The maximum absolute atomic E-state index is 14.0. The molecule has 0 bridgehead atoms. The van der Waals surface area contributed by atoms with E-state index in [1.165, 1.54) is 72.9 Å². The number of nitrogens with zero attached hydrogens (tertiary/aromatic N) is 4. The van der Waals surface area contributed by atoms with Crippen molar-refractivity contribution in [2.45, 2.75) is 103 Å². The van der Waals surface area contributed by atoms with Crippen LogP contribution in [0.2, 0.25) is 0 Å². The van der Waals surface area contributed by atoms with Crippen molar-refractivity contribution in [2.24, 2.45) is 0 Å². The highest BCUT2D eigenvalue weighted by molar-refractivity contribution is 6.01. The number of carbonyl (C=O) groups excluding carboxylic acids is 4. The zero-order chi connectivity index (χ0) is 65.5. The molecule has 2 aliphatic rings. The van der Waals surface area contributed by atoms with Crippen LogP contribution < -0.4 is 10.6 Å². The fraction of sp³-hybridized carbons (Fsp3) is 0.333. The third-order valence-electron chi connectivity index (χ3n) is 16.0. The molecule has 2 heterocycles. The fourth-order valence-electron chi connectivity index (χ4n) is 12.2. The second kappa shape index (κ2) is 30.6. The average Bonchev–Trinajstić information content (AvgIpc) is 0.865. The highest BCUT2D eigenvalue weighted by atomic mass is 16.6. The van der Waals surface area contributed by atoms with Crippen molar-refractivity contribution in [3.63, 3.8) is 0 Å². The molecule has 18 heteroatoms. The summed E-state index contributed by atoms with van der Waals surface area (Å²) in [6.07, 6.45) is 1.73. The molecule has 472 valence electrons. The van der Waals surface area contributed by atoms with Crippen LogP contribution in [0, 0.1) is 20.2 Å². The zero-order valence-corrected chi connectivity index (χ0v) is 53.4. The fourth-order valence-corrected chi connectivity index (χ4v) is 12.2. The minimum atomic E-state index is -0.919. The molecular formula is C72H82N6O12. The number of esters is 4. The van der Waals surface area contributed by atoms with Crippen LogP contribution in [0.4, 0.5) is 11.4 Å². The van der Waals surface area contributed by atoms with Crippen molar-refractivity contribution in [1.29, 1.82) is 0 Å². The molecular weight excluding hydrogens is 1140 g/mol. The summed E-state index contributed by atoms with van der Waals surface area (Å²) in [4.78, 5) is 80.3. The smallest absolute Gasteiger partial charge is 0.337 e. The molecule has 90 heavy (non-hydrogen) atoms. The lowest BCUT2D eigenvalue weighted by Gasteiger charge is -2.34. The van der Waals surface area contributed by atoms with Gasteiger partial charge in [0.1, 0.15) is 11.2 Å². The summed E-state index contributed by atoms with van der Waals surface area (Å²) in [6, 6.07) is 53.6. The number of nitro groups is 2. The molecule has 0 fully saturated rings. The summed E-state index contributed by atoms with van der Waals surface area (Å²) < 4.78 is 22.4. The van der Waals surface area contributed by atoms with Crippen LogP contribution in [0.15, 0.2) is 215 Å². The standard InChI is InChI=1S/2C36H41N3O6/c2*1-24-31(34(40)44-6)33(28-18-13-19-29(22-28)39(42)43)32(25(2)37-24)35(41)45-36(3,4)23-38(5)21-20-30(26-14-9-7-10-15-26)27-16-11-8-12-17-27/h2*7-19,22,30,33,37H,20-21,23H2,1-6H3. The highest BCUT2D eigenvalue weighted by Gasteiger charge is 2.42. The molecule has 0 saturated heterocycles. The van der Waals surface area contributed by atoms with E-state index in [4.69, 9.17) is 18.9 Å².